The molecule has 0 aromatic carbocycles. The number of carbonyl (C=O) groups excluding carboxylic acids is 2. The molecule has 2 N–H and O–H groups in total. The van der Waals surface area contributed by atoms with Crippen LogP contribution >= 0.6 is 11.8 Å². The molecule has 0 heterocycles. The van der Waals surface area contributed by atoms with Gasteiger partial charge in [0.25, 0.3) is 0 Å². The molecule has 0 saturated heterocycles. The van der Waals surface area contributed by atoms with Gasteiger partial charge in [-0.25, -0.2) is 4.79 Å². The van der Waals surface area contributed by atoms with Crippen LogP contribution in [0.2, 0.25) is 0 Å². The number of hydrogen-bond donors (Lipinski definition) is 2. The van der Waals surface area contributed by atoms with E-state index in [0.29, 0.717) is 12.3 Å². The first-order chi connectivity index (χ1) is 12.8. The molecule has 0 saturated carbocycles. The number of urea groups is 1. The Hall–Kier alpha value is -1.49. The molecule has 0 aliphatic heterocycles. The summed E-state index contributed by atoms with van der Waals surface area (Å²) < 4.78 is 0. The maximum atomic E-state index is 11.6. The van der Waals surface area contributed by atoms with E-state index in [-0.39, 0.29) is 11.8 Å². The standard InChI is InChI=1S/C22H38N2O2S/c1-7-23-22(26)24-21(20(6)25)16-27-15-14-19(5)13-9-12-18(4)11-8-10-17(2)3/h10,12,14,21H,7-9,11,13,15-16H2,1-6H3,(H2,23,24,26)/b18-12+,19-14+/t21-/m0/s1. The molecule has 0 unspecified atom stereocenters. The van der Waals surface area contributed by atoms with Crippen LogP contribution in [0.25, 0.3) is 0 Å². The Balaban J connectivity index is 4.14. The second-order valence-corrected chi connectivity index (χ2v) is 8.24. The summed E-state index contributed by atoms with van der Waals surface area (Å²) in [5.74, 6) is 1.44. The summed E-state index contributed by atoms with van der Waals surface area (Å²) in [6.07, 6.45) is 11.2. The average Bonchev–Trinajstić information content (AvgIpc) is 2.57. The number of rotatable bonds is 13. The van der Waals surface area contributed by atoms with Gasteiger partial charge in [0.2, 0.25) is 0 Å². The van der Waals surface area contributed by atoms with Crippen molar-refractivity contribution >= 4 is 23.6 Å². The normalized spacial score (nSPS) is 13.1. The zero-order valence-electron chi connectivity index (χ0n) is 18.0. The number of Topliss-reactive ketones (excluding diaryl/α,β-unsaturated/α-hetero) is 1. The smallest absolute Gasteiger partial charge is 0.315 e. The number of hydrogen-bond acceptors (Lipinski definition) is 3. The van der Waals surface area contributed by atoms with Crippen LogP contribution in [0.1, 0.15) is 67.2 Å². The fourth-order valence-corrected chi connectivity index (χ4v) is 3.45. The quantitative estimate of drug-likeness (QED) is 0.324. The lowest BCUT2D eigenvalue weighted by Gasteiger charge is -2.15. The molecule has 5 heteroatoms. The zero-order valence-corrected chi connectivity index (χ0v) is 18.8. The van der Waals surface area contributed by atoms with E-state index in [9.17, 15) is 9.59 Å². The molecule has 0 fully saturated rings. The van der Waals surface area contributed by atoms with Gasteiger partial charge in [0.15, 0.2) is 5.78 Å². The van der Waals surface area contributed by atoms with Gasteiger partial charge in [0, 0.05) is 18.1 Å². The van der Waals surface area contributed by atoms with Crippen LogP contribution < -0.4 is 10.6 Å². The highest BCUT2D eigenvalue weighted by atomic mass is 32.2. The molecule has 0 rings (SSSR count). The highest BCUT2D eigenvalue weighted by molar-refractivity contribution is 7.99. The lowest BCUT2D eigenvalue weighted by molar-refractivity contribution is -0.118. The first kappa shape index (κ1) is 25.5. The lowest BCUT2D eigenvalue weighted by Crippen LogP contribution is -2.46. The summed E-state index contributed by atoms with van der Waals surface area (Å²) in [5.41, 5.74) is 4.20. The monoisotopic (exact) mass is 394 g/mol. The summed E-state index contributed by atoms with van der Waals surface area (Å²) in [4.78, 5) is 23.2. The Morgan fingerprint density at radius 1 is 0.926 bits per heavy atom. The van der Waals surface area contributed by atoms with Gasteiger partial charge >= 0.3 is 6.03 Å². The summed E-state index contributed by atoms with van der Waals surface area (Å²) in [7, 11) is 0. The van der Waals surface area contributed by atoms with Crippen molar-refractivity contribution in [2.24, 2.45) is 0 Å². The van der Waals surface area contributed by atoms with Crippen LogP contribution in [-0.2, 0) is 4.79 Å². The molecule has 0 radical (unpaired) electrons. The third-order valence-electron chi connectivity index (χ3n) is 4.09. The van der Waals surface area contributed by atoms with E-state index in [2.05, 4.69) is 56.6 Å². The predicted octanol–water partition coefficient (Wildman–Crippen LogP) is 5.42. The molecule has 2 amide bonds. The Morgan fingerprint density at radius 2 is 1.52 bits per heavy atom. The van der Waals surface area contributed by atoms with Gasteiger partial charge in [-0.15, -0.1) is 0 Å². The number of ketones is 1. The van der Waals surface area contributed by atoms with Crippen LogP contribution in [0.3, 0.4) is 0 Å². The van der Waals surface area contributed by atoms with Gasteiger partial charge in [-0.3, -0.25) is 4.79 Å². The van der Waals surface area contributed by atoms with E-state index in [1.165, 1.54) is 23.6 Å². The molecule has 154 valence electrons. The van der Waals surface area contributed by atoms with Gasteiger partial charge in [0.05, 0.1) is 6.04 Å². The first-order valence-corrected chi connectivity index (χ1v) is 11.0. The minimum atomic E-state index is -0.429. The van der Waals surface area contributed by atoms with Gasteiger partial charge in [-0.1, -0.05) is 34.9 Å². The van der Waals surface area contributed by atoms with Crippen molar-refractivity contribution in [3.8, 4) is 0 Å². The van der Waals surface area contributed by atoms with Crippen molar-refractivity contribution in [3.05, 3.63) is 34.9 Å². The topological polar surface area (TPSA) is 58.2 Å². The lowest BCUT2D eigenvalue weighted by atomic mass is 10.1. The Bertz CT molecular complexity index is 547. The van der Waals surface area contributed by atoms with Crippen LogP contribution in [0, 0.1) is 0 Å². The number of thioether (sulfide) groups is 1. The average molecular weight is 395 g/mol. The second-order valence-electron chi connectivity index (χ2n) is 7.16. The summed E-state index contributed by atoms with van der Waals surface area (Å²) in [6, 6.07) is -0.710. The Labute approximate surface area is 170 Å². The fourth-order valence-electron chi connectivity index (χ4n) is 2.36. The van der Waals surface area contributed by atoms with E-state index >= 15 is 0 Å². The molecule has 0 aromatic heterocycles. The fraction of sp³-hybridized carbons (Fsp3) is 0.636. The highest BCUT2D eigenvalue weighted by Crippen LogP contribution is 2.13. The van der Waals surface area contributed by atoms with Crippen molar-refractivity contribution < 1.29 is 9.59 Å². The molecule has 27 heavy (non-hydrogen) atoms. The van der Waals surface area contributed by atoms with E-state index in [1.54, 1.807) is 11.8 Å². The molecule has 0 bridgehead atoms. The van der Waals surface area contributed by atoms with Crippen molar-refractivity contribution in [2.45, 2.75) is 73.3 Å². The van der Waals surface area contributed by atoms with E-state index < -0.39 is 6.04 Å². The summed E-state index contributed by atoms with van der Waals surface area (Å²) in [6.45, 7) is 12.6. The van der Waals surface area contributed by atoms with Gasteiger partial charge in [-0.05, 0) is 67.2 Å². The Kier molecular flexibility index (Phi) is 14.7. The third-order valence-corrected chi connectivity index (χ3v) is 5.06. The van der Waals surface area contributed by atoms with Crippen LogP contribution in [-0.4, -0.2) is 35.9 Å². The van der Waals surface area contributed by atoms with Crippen molar-refractivity contribution in [1.29, 1.82) is 0 Å². The first-order valence-electron chi connectivity index (χ1n) is 9.83. The van der Waals surface area contributed by atoms with Gasteiger partial charge in [-0.2, -0.15) is 11.8 Å². The minimum absolute atomic E-state index is 0.0109. The SMILES string of the molecule is CCNC(=O)N[C@@H](CSC/C=C(\C)CC/C=C(\C)CCC=C(C)C)C(C)=O. The van der Waals surface area contributed by atoms with E-state index in [1.807, 2.05) is 6.92 Å². The third kappa shape index (κ3) is 15.3. The molecular formula is C22H38N2O2S. The van der Waals surface area contributed by atoms with Crippen LogP contribution in [0.4, 0.5) is 4.79 Å². The molecule has 1 atom stereocenters. The summed E-state index contributed by atoms with van der Waals surface area (Å²) in [5, 5.41) is 5.38. The number of allylic oxidation sites excluding steroid dienone is 5. The van der Waals surface area contributed by atoms with Crippen molar-refractivity contribution in [3.63, 3.8) is 0 Å². The van der Waals surface area contributed by atoms with Crippen molar-refractivity contribution in [2.75, 3.05) is 18.1 Å². The Morgan fingerprint density at radius 3 is 2.07 bits per heavy atom. The van der Waals surface area contributed by atoms with Gasteiger partial charge in [0.1, 0.15) is 0 Å². The zero-order chi connectivity index (χ0) is 20.7. The van der Waals surface area contributed by atoms with Crippen LogP contribution in [0.5, 0.6) is 0 Å². The predicted molar refractivity (Wildman–Crippen MR) is 119 cm³/mol. The molecular weight excluding hydrogens is 356 g/mol. The maximum absolute atomic E-state index is 11.6. The second kappa shape index (κ2) is 15.6. The molecule has 0 spiro atoms. The number of nitrogens with one attached hydrogen (secondary N) is 2. The maximum Gasteiger partial charge on any atom is 0.315 e. The van der Waals surface area contributed by atoms with Gasteiger partial charge < -0.3 is 10.6 Å². The number of carbonyl (C=O) groups is 2. The summed E-state index contributed by atoms with van der Waals surface area (Å²) >= 11 is 1.67. The molecule has 4 nitrogen and oxygen atoms in total. The molecule has 0 aliphatic rings. The number of amides is 2. The largest absolute Gasteiger partial charge is 0.338 e. The highest BCUT2D eigenvalue weighted by Gasteiger charge is 2.16. The molecule has 0 aliphatic carbocycles. The minimum Gasteiger partial charge on any atom is -0.338 e. The van der Waals surface area contributed by atoms with Crippen molar-refractivity contribution in [1.82, 2.24) is 10.6 Å². The molecule has 0 aromatic rings. The van der Waals surface area contributed by atoms with E-state index in [0.717, 1.165) is 31.4 Å². The van der Waals surface area contributed by atoms with Crippen LogP contribution in [0.15, 0.2) is 34.9 Å². The van der Waals surface area contributed by atoms with E-state index in [4.69, 9.17) is 0 Å².